The van der Waals surface area contributed by atoms with Crippen LogP contribution < -0.4 is 5.32 Å². The van der Waals surface area contributed by atoms with E-state index in [0.29, 0.717) is 25.7 Å². The van der Waals surface area contributed by atoms with E-state index in [9.17, 15) is 22.0 Å². The maximum absolute atomic E-state index is 13.2. The van der Waals surface area contributed by atoms with Crippen LogP contribution in [0.3, 0.4) is 0 Å². The van der Waals surface area contributed by atoms with Gasteiger partial charge in [0.25, 0.3) is 0 Å². The Hall–Kier alpha value is -0.800. The average Bonchev–Trinajstić information content (AvgIpc) is 2.27. The third kappa shape index (κ3) is 3.86. The summed E-state index contributed by atoms with van der Waals surface area (Å²) in [6.45, 7) is 1.52. The van der Waals surface area contributed by atoms with E-state index in [1.54, 1.807) is 6.92 Å². The summed E-state index contributed by atoms with van der Waals surface area (Å²) in [5.41, 5.74) is -0.969. The first-order chi connectivity index (χ1) is 9.02. The minimum Gasteiger partial charge on any atom is -0.396 e. The summed E-state index contributed by atoms with van der Waals surface area (Å²) in [4.78, 5) is 11.4. The lowest BCUT2D eigenvalue weighted by Gasteiger charge is -2.39. The lowest BCUT2D eigenvalue weighted by Crippen LogP contribution is -2.56. The molecule has 0 aromatic rings. The Bertz CT molecular complexity index is 465. The molecule has 0 aromatic carbocycles. The maximum Gasteiger partial charge on any atom is 0.446 e. The fourth-order valence-corrected chi connectivity index (χ4v) is 2.91. The quantitative estimate of drug-likeness (QED) is 0.654. The monoisotopic (exact) mass is 315 g/mol. The van der Waals surface area contributed by atoms with Crippen LogP contribution in [-0.4, -0.2) is 41.4 Å². The Labute approximate surface area is 116 Å². The number of aliphatic hydroxyl groups is 1. The molecule has 0 spiro atoms. The van der Waals surface area contributed by atoms with Crippen LogP contribution in [0.2, 0.25) is 0 Å². The van der Waals surface area contributed by atoms with Crippen LogP contribution in [0, 0.1) is 5.92 Å². The standard InChI is InChI=1S/C11H19F2NO5S/c1-10(5-2-3-8(7-10)4-6-15)14-9(16)11(12,13)20(17,18)19/h8,15H,2-7H2,1H3,(H,14,16)(H,17,18,19). The molecule has 1 rings (SSSR count). The molecule has 2 unspecified atom stereocenters. The Morgan fingerprint density at radius 1 is 1.50 bits per heavy atom. The second-order valence-electron chi connectivity index (χ2n) is 5.48. The summed E-state index contributed by atoms with van der Waals surface area (Å²) < 4.78 is 55.8. The van der Waals surface area contributed by atoms with E-state index in [1.807, 2.05) is 5.32 Å². The molecule has 6 nitrogen and oxygen atoms in total. The van der Waals surface area contributed by atoms with Gasteiger partial charge in [0.05, 0.1) is 0 Å². The fourth-order valence-electron chi connectivity index (χ4n) is 2.63. The van der Waals surface area contributed by atoms with Crippen LogP contribution in [0.15, 0.2) is 0 Å². The zero-order valence-electron chi connectivity index (χ0n) is 11.1. The molecule has 118 valence electrons. The van der Waals surface area contributed by atoms with Crippen LogP contribution in [0.5, 0.6) is 0 Å². The summed E-state index contributed by atoms with van der Waals surface area (Å²) in [5, 5.41) is 6.05. The summed E-state index contributed by atoms with van der Waals surface area (Å²) in [7, 11) is -5.79. The minimum atomic E-state index is -5.79. The topological polar surface area (TPSA) is 104 Å². The van der Waals surface area contributed by atoms with Crippen LogP contribution in [-0.2, 0) is 14.9 Å². The van der Waals surface area contributed by atoms with Crippen molar-refractivity contribution in [3.63, 3.8) is 0 Å². The smallest absolute Gasteiger partial charge is 0.396 e. The highest BCUT2D eigenvalue weighted by Crippen LogP contribution is 2.35. The Balaban J connectivity index is 2.78. The van der Waals surface area contributed by atoms with Gasteiger partial charge in [0.2, 0.25) is 0 Å². The second-order valence-corrected chi connectivity index (χ2v) is 6.94. The van der Waals surface area contributed by atoms with E-state index < -0.39 is 26.8 Å². The van der Waals surface area contributed by atoms with E-state index in [2.05, 4.69) is 0 Å². The molecule has 2 atom stereocenters. The van der Waals surface area contributed by atoms with Crippen molar-refractivity contribution in [2.45, 2.75) is 49.8 Å². The van der Waals surface area contributed by atoms with Gasteiger partial charge < -0.3 is 10.4 Å². The first-order valence-electron chi connectivity index (χ1n) is 6.30. The zero-order chi connectivity index (χ0) is 15.6. The Morgan fingerprint density at radius 2 is 2.10 bits per heavy atom. The molecule has 3 N–H and O–H groups in total. The SMILES string of the molecule is CC1(NC(=O)C(F)(F)S(=O)(=O)O)CCCC(CCO)C1. The highest BCUT2D eigenvalue weighted by atomic mass is 32.2. The zero-order valence-corrected chi connectivity index (χ0v) is 11.9. The Morgan fingerprint density at radius 3 is 2.60 bits per heavy atom. The van der Waals surface area contributed by atoms with Crippen LogP contribution in [0.4, 0.5) is 8.78 Å². The first-order valence-corrected chi connectivity index (χ1v) is 7.74. The maximum atomic E-state index is 13.2. The minimum absolute atomic E-state index is 0.0319. The lowest BCUT2D eigenvalue weighted by atomic mass is 9.75. The molecule has 0 bridgehead atoms. The molecule has 20 heavy (non-hydrogen) atoms. The van der Waals surface area contributed by atoms with E-state index in [4.69, 9.17) is 9.66 Å². The number of nitrogens with one attached hydrogen (secondary N) is 1. The van der Waals surface area contributed by atoms with Crippen molar-refractivity contribution in [2.75, 3.05) is 6.61 Å². The van der Waals surface area contributed by atoms with Crippen molar-refractivity contribution in [3.8, 4) is 0 Å². The number of rotatable bonds is 5. The van der Waals surface area contributed by atoms with Crippen molar-refractivity contribution < 1.29 is 31.7 Å². The van der Waals surface area contributed by atoms with Crippen molar-refractivity contribution in [1.82, 2.24) is 5.32 Å². The number of alkyl halides is 2. The fraction of sp³-hybridized carbons (Fsp3) is 0.909. The molecule has 1 aliphatic carbocycles. The highest BCUT2D eigenvalue weighted by Gasteiger charge is 2.54. The van der Waals surface area contributed by atoms with Crippen molar-refractivity contribution in [3.05, 3.63) is 0 Å². The van der Waals surface area contributed by atoms with Gasteiger partial charge in [-0.25, -0.2) is 0 Å². The predicted molar refractivity (Wildman–Crippen MR) is 66.7 cm³/mol. The molecule has 0 aromatic heterocycles. The molecule has 0 heterocycles. The molecule has 0 saturated heterocycles. The predicted octanol–water partition coefficient (Wildman–Crippen LogP) is 0.914. The van der Waals surface area contributed by atoms with E-state index >= 15 is 0 Å². The van der Waals surface area contributed by atoms with Crippen LogP contribution in [0.25, 0.3) is 0 Å². The van der Waals surface area contributed by atoms with Crippen molar-refractivity contribution >= 4 is 16.0 Å². The lowest BCUT2D eigenvalue weighted by molar-refractivity contribution is -0.138. The summed E-state index contributed by atoms with van der Waals surface area (Å²) in [6, 6.07) is 0. The van der Waals surface area contributed by atoms with Crippen molar-refractivity contribution in [1.29, 1.82) is 0 Å². The number of amides is 1. The third-order valence-corrected chi connectivity index (χ3v) is 4.45. The van der Waals surface area contributed by atoms with Gasteiger partial charge in [-0.15, -0.1) is 0 Å². The van der Waals surface area contributed by atoms with E-state index in [0.717, 1.165) is 6.42 Å². The van der Waals surface area contributed by atoms with Crippen LogP contribution in [0.1, 0.15) is 39.0 Å². The number of carbonyl (C=O) groups excluding carboxylic acids is 1. The average molecular weight is 315 g/mol. The number of hydrogen-bond donors (Lipinski definition) is 3. The van der Waals surface area contributed by atoms with E-state index in [-0.39, 0.29) is 12.5 Å². The largest absolute Gasteiger partial charge is 0.446 e. The summed E-state index contributed by atoms with van der Waals surface area (Å²) in [6.07, 6.45) is 2.81. The van der Waals surface area contributed by atoms with Gasteiger partial charge in [-0.05, 0) is 32.1 Å². The van der Waals surface area contributed by atoms with Gasteiger partial charge in [-0.2, -0.15) is 17.2 Å². The molecule has 0 aliphatic heterocycles. The molecule has 9 heteroatoms. The molecular formula is C11H19F2NO5S. The molecule has 0 radical (unpaired) electrons. The molecular weight excluding hydrogens is 296 g/mol. The number of aliphatic hydroxyl groups excluding tert-OH is 1. The normalized spacial score (nSPS) is 28.1. The van der Waals surface area contributed by atoms with Crippen LogP contribution >= 0.6 is 0 Å². The number of carbonyl (C=O) groups is 1. The third-order valence-electron chi connectivity index (χ3n) is 3.62. The van der Waals surface area contributed by atoms with Crippen molar-refractivity contribution in [2.24, 2.45) is 5.92 Å². The molecule has 1 saturated carbocycles. The first kappa shape index (κ1) is 17.3. The van der Waals surface area contributed by atoms with E-state index in [1.165, 1.54) is 0 Å². The summed E-state index contributed by atoms with van der Waals surface area (Å²) >= 11 is 0. The summed E-state index contributed by atoms with van der Waals surface area (Å²) in [5.74, 6) is -1.94. The number of hydrogen-bond acceptors (Lipinski definition) is 4. The Kier molecular flexibility index (Phi) is 5.09. The molecule has 1 fully saturated rings. The van der Waals surface area contributed by atoms with Gasteiger partial charge in [0, 0.05) is 12.1 Å². The van der Waals surface area contributed by atoms with Gasteiger partial charge in [0.15, 0.2) is 0 Å². The molecule has 1 amide bonds. The highest BCUT2D eigenvalue weighted by molar-refractivity contribution is 7.87. The molecule has 1 aliphatic rings. The van der Waals surface area contributed by atoms with Gasteiger partial charge in [-0.3, -0.25) is 9.35 Å². The van der Waals surface area contributed by atoms with Gasteiger partial charge in [0.1, 0.15) is 0 Å². The van der Waals surface area contributed by atoms with Gasteiger partial charge >= 0.3 is 21.3 Å². The second kappa shape index (κ2) is 5.90. The number of halogens is 2. The van der Waals surface area contributed by atoms with Gasteiger partial charge in [-0.1, -0.05) is 12.8 Å².